The Hall–Kier alpha value is -0.0800. The number of fused-ring (bicyclic) bond motifs is 2. The Labute approximate surface area is 113 Å². The summed E-state index contributed by atoms with van der Waals surface area (Å²) in [5.74, 6) is 4.12. The third-order valence-electron chi connectivity index (χ3n) is 6.01. The summed E-state index contributed by atoms with van der Waals surface area (Å²) in [4.78, 5) is 2.64. The summed E-state index contributed by atoms with van der Waals surface area (Å²) in [6.07, 6.45) is 10.4. The van der Waals surface area contributed by atoms with Crippen LogP contribution in [0.2, 0.25) is 0 Å². The Morgan fingerprint density at radius 1 is 1.00 bits per heavy atom. The highest BCUT2D eigenvalue weighted by atomic mass is 15.1. The standard InChI is InChI=1S/C16H30N2/c1-17-16-5-3-4-14(16)10-18(2)11-15-9-12-6-7-13(15)8-12/h12-17H,3-11H2,1-2H3. The monoisotopic (exact) mass is 250 g/mol. The van der Waals surface area contributed by atoms with Crippen LogP contribution in [0.5, 0.6) is 0 Å². The lowest BCUT2D eigenvalue weighted by atomic mass is 9.88. The van der Waals surface area contributed by atoms with E-state index in [2.05, 4.69) is 24.3 Å². The van der Waals surface area contributed by atoms with Gasteiger partial charge in [-0.25, -0.2) is 0 Å². The van der Waals surface area contributed by atoms with Gasteiger partial charge in [0.2, 0.25) is 0 Å². The molecular formula is C16H30N2. The van der Waals surface area contributed by atoms with Crippen LogP contribution in [0.1, 0.15) is 44.9 Å². The fourth-order valence-electron chi connectivity index (χ4n) is 5.11. The number of rotatable bonds is 5. The minimum Gasteiger partial charge on any atom is -0.317 e. The van der Waals surface area contributed by atoms with E-state index in [0.29, 0.717) is 0 Å². The van der Waals surface area contributed by atoms with E-state index in [-0.39, 0.29) is 0 Å². The minimum atomic E-state index is 0.785. The summed E-state index contributed by atoms with van der Waals surface area (Å²) < 4.78 is 0. The number of nitrogens with zero attached hydrogens (tertiary/aromatic N) is 1. The molecule has 0 saturated heterocycles. The van der Waals surface area contributed by atoms with Gasteiger partial charge in [-0.3, -0.25) is 0 Å². The van der Waals surface area contributed by atoms with Crippen LogP contribution < -0.4 is 5.32 Å². The number of nitrogens with one attached hydrogen (secondary N) is 1. The van der Waals surface area contributed by atoms with E-state index in [4.69, 9.17) is 0 Å². The molecule has 2 nitrogen and oxygen atoms in total. The summed E-state index contributed by atoms with van der Waals surface area (Å²) >= 11 is 0. The van der Waals surface area contributed by atoms with Gasteiger partial charge in [0.1, 0.15) is 0 Å². The molecule has 0 heterocycles. The van der Waals surface area contributed by atoms with Crippen LogP contribution in [0, 0.1) is 23.7 Å². The predicted octanol–water partition coefficient (Wildman–Crippen LogP) is 2.74. The van der Waals surface area contributed by atoms with Crippen LogP contribution >= 0.6 is 0 Å². The Morgan fingerprint density at radius 3 is 2.50 bits per heavy atom. The zero-order valence-electron chi connectivity index (χ0n) is 12.2. The van der Waals surface area contributed by atoms with Crippen molar-refractivity contribution in [3.05, 3.63) is 0 Å². The minimum absolute atomic E-state index is 0.785. The quantitative estimate of drug-likeness (QED) is 0.807. The van der Waals surface area contributed by atoms with Gasteiger partial charge in [-0.15, -0.1) is 0 Å². The van der Waals surface area contributed by atoms with Gasteiger partial charge >= 0.3 is 0 Å². The van der Waals surface area contributed by atoms with E-state index >= 15 is 0 Å². The zero-order valence-corrected chi connectivity index (χ0v) is 12.2. The van der Waals surface area contributed by atoms with E-state index in [1.807, 2.05) is 0 Å². The third-order valence-corrected chi connectivity index (χ3v) is 6.01. The smallest absolute Gasteiger partial charge is 0.0104 e. The summed E-state index contributed by atoms with van der Waals surface area (Å²) in [7, 11) is 4.50. The van der Waals surface area contributed by atoms with Crippen molar-refractivity contribution in [2.24, 2.45) is 23.7 Å². The van der Waals surface area contributed by atoms with Gasteiger partial charge in [0.05, 0.1) is 0 Å². The maximum Gasteiger partial charge on any atom is 0.0104 e. The second-order valence-corrected chi connectivity index (χ2v) is 7.24. The molecule has 3 rings (SSSR count). The third kappa shape index (κ3) is 2.60. The fourth-order valence-corrected chi connectivity index (χ4v) is 5.11. The Balaban J connectivity index is 1.45. The molecule has 3 aliphatic rings. The first-order chi connectivity index (χ1) is 8.76. The summed E-state index contributed by atoms with van der Waals surface area (Å²) in [6, 6.07) is 0.785. The highest BCUT2D eigenvalue weighted by Gasteiger charge is 2.39. The molecule has 0 aliphatic heterocycles. The van der Waals surface area contributed by atoms with Crippen LogP contribution in [0.15, 0.2) is 0 Å². The first-order valence-electron chi connectivity index (χ1n) is 8.12. The molecule has 3 saturated carbocycles. The van der Waals surface area contributed by atoms with Crippen molar-refractivity contribution < 1.29 is 0 Å². The van der Waals surface area contributed by atoms with Gasteiger partial charge < -0.3 is 10.2 Å². The van der Waals surface area contributed by atoms with Crippen LogP contribution in [0.4, 0.5) is 0 Å². The molecule has 2 bridgehead atoms. The Morgan fingerprint density at radius 2 is 1.83 bits per heavy atom. The van der Waals surface area contributed by atoms with Gasteiger partial charge in [0.15, 0.2) is 0 Å². The van der Waals surface area contributed by atoms with Gasteiger partial charge in [0.25, 0.3) is 0 Å². The molecule has 0 aromatic carbocycles. The van der Waals surface area contributed by atoms with Gasteiger partial charge in [-0.05, 0) is 69.9 Å². The molecule has 2 heteroatoms. The number of hydrogen-bond acceptors (Lipinski definition) is 2. The average molecular weight is 250 g/mol. The van der Waals surface area contributed by atoms with Crippen molar-refractivity contribution in [1.82, 2.24) is 10.2 Å². The molecule has 0 aromatic heterocycles. The average Bonchev–Trinajstić information content (AvgIpc) is 3.04. The second kappa shape index (κ2) is 5.50. The number of hydrogen-bond donors (Lipinski definition) is 1. The SMILES string of the molecule is CNC1CCCC1CN(C)CC1CC2CCC1C2. The molecule has 0 aromatic rings. The van der Waals surface area contributed by atoms with Crippen molar-refractivity contribution >= 4 is 0 Å². The highest BCUT2D eigenvalue weighted by Crippen LogP contribution is 2.48. The predicted molar refractivity (Wildman–Crippen MR) is 76.6 cm³/mol. The molecular weight excluding hydrogens is 220 g/mol. The lowest BCUT2D eigenvalue weighted by Gasteiger charge is -2.30. The topological polar surface area (TPSA) is 15.3 Å². The largest absolute Gasteiger partial charge is 0.317 e. The van der Waals surface area contributed by atoms with Gasteiger partial charge in [0, 0.05) is 19.1 Å². The van der Waals surface area contributed by atoms with Crippen molar-refractivity contribution in [3.63, 3.8) is 0 Å². The summed E-state index contributed by atoms with van der Waals surface area (Å²) in [6.45, 7) is 2.69. The van der Waals surface area contributed by atoms with Crippen molar-refractivity contribution in [1.29, 1.82) is 0 Å². The molecule has 104 valence electrons. The molecule has 5 unspecified atom stereocenters. The van der Waals surface area contributed by atoms with Crippen molar-refractivity contribution in [2.75, 3.05) is 27.2 Å². The van der Waals surface area contributed by atoms with Crippen LogP contribution in [0.3, 0.4) is 0 Å². The van der Waals surface area contributed by atoms with Crippen LogP contribution in [-0.2, 0) is 0 Å². The highest BCUT2D eigenvalue weighted by molar-refractivity contribution is 4.91. The molecule has 3 aliphatic carbocycles. The van der Waals surface area contributed by atoms with E-state index in [1.54, 1.807) is 6.42 Å². The molecule has 5 atom stereocenters. The normalized spacial score (nSPS) is 43.2. The molecule has 3 fully saturated rings. The molecule has 0 amide bonds. The van der Waals surface area contributed by atoms with Gasteiger partial charge in [-0.2, -0.15) is 0 Å². The second-order valence-electron chi connectivity index (χ2n) is 7.24. The first kappa shape index (κ1) is 12.9. The van der Waals surface area contributed by atoms with E-state index in [1.165, 1.54) is 51.6 Å². The van der Waals surface area contributed by atoms with Crippen LogP contribution in [-0.4, -0.2) is 38.1 Å². The lowest BCUT2D eigenvalue weighted by Crippen LogP contribution is -2.38. The molecule has 18 heavy (non-hydrogen) atoms. The van der Waals surface area contributed by atoms with Gasteiger partial charge in [-0.1, -0.05) is 12.8 Å². The molecule has 1 N–H and O–H groups in total. The van der Waals surface area contributed by atoms with E-state index < -0.39 is 0 Å². The maximum atomic E-state index is 3.51. The fraction of sp³-hybridized carbons (Fsp3) is 1.00. The molecule has 0 spiro atoms. The summed E-state index contributed by atoms with van der Waals surface area (Å²) in [5, 5.41) is 3.51. The Kier molecular flexibility index (Phi) is 3.95. The van der Waals surface area contributed by atoms with Crippen LogP contribution in [0.25, 0.3) is 0 Å². The maximum absolute atomic E-state index is 3.51. The first-order valence-corrected chi connectivity index (χ1v) is 8.12. The lowest BCUT2D eigenvalue weighted by molar-refractivity contribution is 0.189. The van der Waals surface area contributed by atoms with E-state index in [9.17, 15) is 0 Å². The Bertz CT molecular complexity index is 270. The summed E-state index contributed by atoms with van der Waals surface area (Å²) in [5.41, 5.74) is 0. The van der Waals surface area contributed by atoms with Crippen molar-refractivity contribution in [2.45, 2.75) is 51.0 Å². The molecule has 0 radical (unpaired) electrons. The van der Waals surface area contributed by atoms with E-state index in [0.717, 1.165) is 29.7 Å². The zero-order chi connectivity index (χ0) is 12.5. The van der Waals surface area contributed by atoms with Crippen molar-refractivity contribution in [3.8, 4) is 0 Å².